The van der Waals surface area contributed by atoms with Gasteiger partial charge in [-0.2, -0.15) is 0 Å². The molecule has 0 N–H and O–H groups in total. The van der Waals surface area contributed by atoms with Crippen LogP contribution < -0.4 is 0 Å². The zero-order chi connectivity index (χ0) is 12.1. The van der Waals surface area contributed by atoms with E-state index in [0.29, 0.717) is 0 Å². The molecular formula is C17H30. The molecule has 0 heteroatoms. The molecule has 2 aliphatic rings. The Morgan fingerprint density at radius 1 is 0.824 bits per heavy atom. The molecule has 0 nitrogen and oxygen atoms in total. The predicted molar refractivity (Wildman–Crippen MR) is 76.0 cm³/mol. The molecule has 0 saturated heterocycles. The SMILES string of the molecule is CC/C=C/C1CCC(C2CCC(C)CC2)CC1. The summed E-state index contributed by atoms with van der Waals surface area (Å²) in [4.78, 5) is 0. The van der Waals surface area contributed by atoms with E-state index in [1.165, 1.54) is 57.8 Å². The average Bonchev–Trinajstić information content (AvgIpc) is 2.38. The second-order valence-corrected chi connectivity index (χ2v) is 6.53. The summed E-state index contributed by atoms with van der Waals surface area (Å²) >= 11 is 0. The molecule has 2 fully saturated rings. The van der Waals surface area contributed by atoms with Crippen LogP contribution in [0.5, 0.6) is 0 Å². The van der Waals surface area contributed by atoms with Gasteiger partial charge in [-0.15, -0.1) is 0 Å². The highest BCUT2D eigenvalue weighted by molar-refractivity contribution is 4.91. The van der Waals surface area contributed by atoms with Gasteiger partial charge in [0, 0.05) is 0 Å². The van der Waals surface area contributed by atoms with Crippen molar-refractivity contribution in [3.8, 4) is 0 Å². The molecule has 0 spiro atoms. The Morgan fingerprint density at radius 2 is 1.35 bits per heavy atom. The van der Waals surface area contributed by atoms with Gasteiger partial charge in [0.2, 0.25) is 0 Å². The van der Waals surface area contributed by atoms with Gasteiger partial charge >= 0.3 is 0 Å². The Kier molecular flexibility index (Phi) is 5.13. The monoisotopic (exact) mass is 234 g/mol. The fourth-order valence-corrected chi connectivity index (χ4v) is 3.89. The molecule has 0 aromatic rings. The van der Waals surface area contributed by atoms with Crippen LogP contribution in [0.4, 0.5) is 0 Å². The van der Waals surface area contributed by atoms with Gasteiger partial charge in [0.1, 0.15) is 0 Å². The molecule has 2 rings (SSSR count). The van der Waals surface area contributed by atoms with Gasteiger partial charge in [-0.1, -0.05) is 38.8 Å². The summed E-state index contributed by atoms with van der Waals surface area (Å²) in [6.07, 6.45) is 18.1. The Labute approximate surface area is 108 Å². The first-order chi connectivity index (χ1) is 8.29. The van der Waals surface area contributed by atoms with E-state index in [9.17, 15) is 0 Å². The molecule has 98 valence electrons. The van der Waals surface area contributed by atoms with E-state index in [1.807, 2.05) is 0 Å². The maximum absolute atomic E-state index is 2.49. The van der Waals surface area contributed by atoms with Crippen LogP contribution in [-0.4, -0.2) is 0 Å². The first-order valence-corrected chi connectivity index (χ1v) is 7.96. The maximum atomic E-state index is 2.49. The largest absolute Gasteiger partial charge is 0.0885 e. The van der Waals surface area contributed by atoms with Crippen molar-refractivity contribution in [3.05, 3.63) is 12.2 Å². The van der Waals surface area contributed by atoms with E-state index in [4.69, 9.17) is 0 Å². The normalized spacial score (nSPS) is 39.6. The van der Waals surface area contributed by atoms with Gasteiger partial charge in [-0.25, -0.2) is 0 Å². The molecule has 0 unspecified atom stereocenters. The summed E-state index contributed by atoms with van der Waals surface area (Å²) in [6.45, 7) is 4.67. The molecule has 0 heterocycles. The van der Waals surface area contributed by atoms with E-state index in [2.05, 4.69) is 26.0 Å². The highest BCUT2D eigenvalue weighted by atomic mass is 14.3. The molecule has 0 radical (unpaired) electrons. The summed E-state index contributed by atoms with van der Waals surface area (Å²) < 4.78 is 0. The van der Waals surface area contributed by atoms with Gasteiger partial charge in [-0.3, -0.25) is 0 Å². The van der Waals surface area contributed by atoms with Crippen LogP contribution in [0.15, 0.2) is 12.2 Å². The van der Waals surface area contributed by atoms with Crippen LogP contribution in [-0.2, 0) is 0 Å². The van der Waals surface area contributed by atoms with Gasteiger partial charge in [0.05, 0.1) is 0 Å². The van der Waals surface area contributed by atoms with E-state index in [0.717, 1.165) is 23.7 Å². The summed E-state index contributed by atoms with van der Waals surface area (Å²) in [7, 11) is 0. The zero-order valence-electron chi connectivity index (χ0n) is 11.8. The van der Waals surface area contributed by atoms with E-state index < -0.39 is 0 Å². The van der Waals surface area contributed by atoms with Crippen LogP contribution >= 0.6 is 0 Å². The van der Waals surface area contributed by atoms with Crippen molar-refractivity contribution in [1.29, 1.82) is 0 Å². The minimum absolute atomic E-state index is 0.911. The summed E-state index contributed by atoms with van der Waals surface area (Å²) in [6, 6.07) is 0. The van der Waals surface area contributed by atoms with Gasteiger partial charge in [-0.05, 0) is 68.6 Å². The van der Waals surface area contributed by atoms with Crippen LogP contribution in [0.2, 0.25) is 0 Å². The molecule has 0 atom stereocenters. The topological polar surface area (TPSA) is 0 Å². The lowest BCUT2D eigenvalue weighted by atomic mass is 9.69. The lowest BCUT2D eigenvalue weighted by molar-refractivity contribution is 0.160. The molecule has 2 aliphatic carbocycles. The Balaban J connectivity index is 1.73. The van der Waals surface area contributed by atoms with Crippen LogP contribution in [0, 0.1) is 23.7 Å². The average molecular weight is 234 g/mol. The van der Waals surface area contributed by atoms with Crippen molar-refractivity contribution in [1.82, 2.24) is 0 Å². The lowest BCUT2D eigenvalue weighted by Gasteiger charge is -2.36. The molecule has 2 saturated carbocycles. The van der Waals surface area contributed by atoms with E-state index in [-0.39, 0.29) is 0 Å². The predicted octanol–water partition coefficient (Wildman–Crippen LogP) is 5.59. The van der Waals surface area contributed by atoms with E-state index in [1.54, 1.807) is 0 Å². The van der Waals surface area contributed by atoms with Crippen LogP contribution in [0.3, 0.4) is 0 Å². The van der Waals surface area contributed by atoms with Crippen molar-refractivity contribution >= 4 is 0 Å². The molecular weight excluding hydrogens is 204 g/mol. The van der Waals surface area contributed by atoms with Gasteiger partial charge in [0.25, 0.3) is 0 Å². The standard InChI is InChI=1S/C17H30/c1-3-4-5-15-8-12-17(13-9-15)16-10-6-14(2)7-11-16/h4-5,14-17H,3,6-13H2,1-2H3/b5-4+. The first-order valence-electron chi connectivity index (χ1n) is 7.96. The molecule has 0 aromatic heterocycles. The minimum atomic E-state index is 0.911. The van der Waals surface area contributed by atoms with E-state index >= 15 is 0 Å². The third-order valence-electron chi connectivity index (χ3n) is 5.19. The molecule has 0 aliphatic heterocycles. The Bertz CT molecular complexity index is 224. The van der Waals surface area contributed by atoms with Crippen molar-refractivity contribution in [2.75, 3.05) is 0 Å². The van der Waals surface area contributed by atoms with Crippen LogP contribution in [0.25, 0.3) is 0 Å². The number of hydrogen-bond donors (Lipinski definition) is 0. The Hall–Kier alpha value is -0.260. The maximum Gasteiger partial charge on any atom is -0.0233 e. The highest BCUT2D eigenvalue weighted by Gasteiger charge is 2.29. The van der Waals surface area contributed by atoms with Crippen molar-refractivity contribution in [2.24, 2.45) is 23.7 Å². The van der Waals surface area contributed by atoms with Gasteiger partial charge in [0.15, 0.2) is 0 Å². The number of rotatable bonds is 3. The van der Waals surface area contributed by atoms with Crippen molar-refractivity contribution < 1.29 is 0 Å². The summed E-state index contributed by atoms with van der Waals surface area (Å²) in [5, 5.41) is 0. The zero-order valence-corrected chi connectivity index (χ0v) is 11.8. The molecule has 0 amide bonds. The smallest absolute Gasteiger partial charge is 0.0233 e. The van der Waals surface area contributed by atoms with Crippen LogP contribution in [0.1, 0.15) is 71.6 Å². The lowest BCUT2D eigenvalue weighted by Crippen LogP contribution is -2.24. The Morgan fingerprint density at radius 3 is 1.88 bits per heavy atom. The third-order valence-corrected chi connectivity index (χ3v) is 5.19. The highest BCUT2D eigenvalue weighted by Crippen LogP contribution is 2.41. The summed E-state index contributed by atoms with van der Waals surface area (Å²) in [5.41, 5.74) is 0. The minimum Gasteiger partial charge on any atom is -0.0885 e. The fraction of sp³-hybridized carbons (Fsp3) is 0.882. The quantitative estimate of drug-likeness (QED) is 0.559. The fourth-order valence-electron chi connectivity index (χ4n) is 3.89. The third kappa shape index (κ3) is 3.86. The van der Waals surface area contributed by atoms with Crippen molar-refractivity contribution in [2.45, 2.75) is 71.6 Å². The number of allylic oxidation sites excluding steroid dienone is 2. The first kappa shape index (κ1) is 13.2. The van der Waals surface area contributed by atoms with Crippen molar-refractivity contribution in [3.63, 3.8) is 0 Å². The number of hydrogen-bond acceptors (Lipinski definition) is 0. The molecule has 0 aromatic carbocycles. The second kappa shape index (κ2) is 6.61. The second-order valence-electron chi connectivity index (χ2n) is 6.53. The molecule has 17 heavy (non-hydrogen) atoms. The molecule has 0 bridgehead atoms. The van der Waals surface area contributed by atoms with Gasteiger partial charge < -0.3 is 0 Å². The summed E-state index contributed by atoms with van der Waals surface area (Å²) in [5.74, 6) is 4.08.